The highest BCUT2D eigenvalue weighted by Gasteiger charge is 2.23. The lowest BCUT2D eigenvalue weighted by Gasteiger charge is -2.31. The van der Waals surface area contributed by atoms with Crippen LogP contribution in [0.4, 0.5) is 0 Å². The highest BCUT2D eigenvalue weighted by atomic mass is 16.5. The first-order chi connectivity index (χ1) is 8.22. The number of aliphatic hydroxyl groups excluding tert-OH is 1. The molecule has 1 aliphatic rings. The van der Waals surface area contributed by atoms with Crippen LogP contribution in [0.15, 0.2) is 6.07 Å². The van der Waals surface area contributed by atoms with Gasteiger partial charge in [0, 0.05) is 18.8 Å². The molecule has 0 amide bonds. The van der Waals surface area contributed by atoms with Crippen molar-refractivity contribution >= 4 is 0 Å². The van der Waals surface area contributed by atoms with Crippen LogP contribution in [0.5, 0.6) is 0 Å². The summed E-state index contributed by atoms with van der Waals surface area (Å²) >= 11 is 0. The number of hydrogen-bond donors (Lipinski definition) is 1. The zero-order valence-corrected chi connectivity index (χ0v) is 10.4. The van der Waals surface area contributed by atoms with Gasteiger partial charge in [0.25, 0.3) is 0 Å². The van der Waals surface area contributed by atoms with E-state index in [2.05, 4.69) is 21.8 Å². The number of aryl methyl sites for hydroxylation is 1. The van der Waals surface area contributed by atoms with E-state index in [4.69, 9.17) is 9.84 Å². The number of aromatic nitrogens is 2. The Balaban J connectivity index is 2.18. The lowest BCUT2D eigenvalue weighted by molar-refractivity contribution is -0.0328. The summed E-state index contributed by atoms with van der Waals surface area (Å²) in [5.41, 5.74) is 1.53. The summed E-state index contributed by atoms with van der Waals surface area (Å²) in [7, 11) is 0. The van der Waals surface area contributed by atoms with Crippen LogP contribution in [-0.2, 0) is 11.3 Å². The lowest BCUT2D eigenvalue weighted by Crippen LogP contribution is -2.38. The van der Waals surface area contributed by atoms with Crippen LogP contribution in [0.25, 0.3) is 0 Å². The second kappa shape index (κ2) is 5.53. The lowest BCUT2D eigenvalue weighted by atomic mass is 10.2. The first-order valence-electron chi connectivity index (χ1n) is 6.02. The Hall–Kier alpha value is -1.04. The molecule has 0 bridgehead atoms. The van der Waals surface area contributed by atoms with Gasteiger partial charge in [0.1, 0.15) is 6.10 Å². The Morgan fingerprint density at radius 2 is 2.35 bits per heavy atom. The van der Waals surface area contributed by atoms with Crippen LogP contribution in [0, 0.1) is 6.92 Å². The van der Waals surface area contributed by atoms with E-state index in [0.717, 1.165) is 25.3 Å². The summed E-state index contributed by atoms with van der Waals surface area (Å²) in [6.07, 6.45) is -0.0751. The average Bonchev–Trinajstić information content (AvgIpc) is 2.38. The Kier molecular flexibility index (Phi) is 4.04. The van der Waals surface area contributed by atoms with Crippen molar-refractivity contribution < 1.29 is 9.84 Å². The normalized spacial score (nSPS) is 21.7. The van der Waals surface area contributed by atoms with E-state index < -0.39 is 0 Å². The summed E-state index contributed by atoms with van der Waals surface area (Å²) in [5, 5.41) is 9.14. The molecule has 1 fully saturated rings. The van der Waals surface area contributed by atoms with Crippen molar-refractivity contribution in [2.45, 2.75) is 26.6 Å². The minimum absolute atomic E-state index is 0.0550. The fraction of sp³-hybridized carbons (Fsp3) is 0.667. The number of likely N-dealkylation sites (N-methyl/N-ethyl adjacent to an activating group) is 1. The second-order valence-corrected chi connectivity index (χ2v) is 4.27. The summed E-state index contributed by atoms with van der Waals surface area (Å²) in [6.45, 7) is 7.50. The van der Waals surface area contributed by atoms with E-state index in [-0.39, 0.29) is 12.7 Å². The van der Waals surface area contributed by atoms with E-state index >= 15 is 0 Å². The van der Waals surface area contributed by atoms with Crippen LogP contribution in [0.1, 0.15) is 30.2 Å². The van der Waals surface area contributed by atoms with Crippen LogP contribution in [0.2, 0.25) is 0 Å². The molecule has 0 aliphatic carbocycles. The maximum atomic E-state index is 9.14. The Morgan fingerprint density at radius 3 is 3.06 bits per heavy atom. The molecule has 0 aromatic carbocycles. The Bertz CT molecular complexity index is 384. The summed E-state index contributed by atoms with van der Waals surface area (Å²) in [6, 6.07) is 1.80. The molecule has 94 valence electrons. The van der Waals surface area contributed by atoms with Gasteiger partial charge in [0.15, 0.2) is 5.82 Å². The van der Waals surface area contributed by atoms with Crippen molar-refractivity contribution in [1.82, 2.24) is 14.9 Å². The molecule has 0 spiro atoms. The Labute approximate surface area is 101 Å². The molecular weight excluding hydrogens is 218 g/mol. The molecule has 1 aromatic heterocycles. The SMILES string of the molecule is CCN1CCOC(c2nc(C)cc(CO)n2)C1. The summed E-state index contributed by atoms with van der Waals surface area (Å²) < 4.78 is 5.70. The molecule has 0 radical (unpaired) electrons. The van der Waals surface area contributed by atoms with Crippen LogP contribution >= 0.6 is 0 Å². The summed E-state index contributed by atoms with van der Waals surface area (Å²) in [5.74, 6) is 0.687. The molecular formula is C12H19N3O2. The van der Waals surface area contributed by atoms with Gasteiger partial charge in [-0.25, -0.2) is 9.97 Å². The number of nitrogens with zero attached hydrogens (tertiary/aromatic N) is 3. The van der Waals surface area contributed by atoms with Crippen molar-refractivity contribution in [3.63, 3.8) is 0 Å². The maximum absolute atomic E-state index is 9.14. The number of aliphatic hydroxyl groups is 1. The molecule has 5 heteroatoms. The average molecular weight is 237 g/mol. The molecule has 17 heavy (non-hydrogen) atoms. The molecule has 1 N–H and O–H groups in total. The third kappa shape index (κ3) is 3.00. The van der Waals surface area contributed by atoms with E-state index in [1.807, 2.05) is 6.92 Å². The van der Waals surface area contributed by atoms with Gasteiger partial charge in [-0.05, 0) is 19.5 Å². The number of morpholine rings is 1. The molecule has 2 heterocycles. The third-order valence-electron chi connectivity index (χ3n) is 2.97. The third-order valence-corrected chi connectivity index (χ3v) is 2.97. The largest absolute Gasteiger partial charge is 0.390 e. The maximum Gasteiger partial charge on any atom is 0.159 e. The fourth-order valence-electron chi connectivity index (χ4n) is 2.03. The highest BCUT2D eigenvalue weighted by molar-refractivity contribution is 5.11. The zero-order valence-electron chi connectivity index (χ0n) is 10.4. The van der Waals surface area contributed by atoms with Crippen LogP contribution in [0.3, 0.4) is 0 Å². The van der Waals surface area contributed by atoms with Gasteiger partial charge in [-0.1, -0.05) is 6.92 Å². The first kappa shape index (κ1) is 12.4. The van der Waals surface area contributed by atoms with Crippen molar-refractivity contribution in [2.24, 2.45) is 0 Å². The van der Waals surface area contributed by atoms with Crippen molar-refractivity contribution in [3.05, 3.63) is 23.3 Å². The Morgan fingerprint density at radius 1 is 1.53 bits per heavy atom. The van der Waals surface area contributed by atoms with Gasteiger partial charge >= 0.3 is 0 Å². The first-order valence-corrected chi connectivity index (χ1v) is 6.02. The van der Waals surface area contributed by atoms with Gasteiger partial charge in [0.05, 0.1) is 18.9 Å². The van der Waals surface area contributed by atoms with Gasteiger partial charge in [0.2, 0.25) is 0 Å². The van der Waals surface area contributed by atoms with E-state index in [0.29, 0.717) is 18.1 Å². The molecule has 1 aliphatic heterocycles. The van der Waals surface area contributed by atoms with Crippen LogP contribution < -0.4 is 0 Å². The van der Waals surface area contributed by atoms with E-state index in [1.165, 1.54) is 0 Å². The second-order valence-electron chi connectivity index (χ2n) is 4.27. The van der Waals surface area contributed by atoms with Crippen LogP contribution in [-0.4, -0.2) is 46.2 Å². The standard InChI is InChI=1S/C12H19N3O2/c1-3-15-4-5-17-11(7-15)12-13-9(2)6-10(8-16)14-12/h6,11,16H,3-5,7-8H2,1-2H3. The molecule has 1 atom stereocenters. The minimum Gasteiger partial charge on any atom is -0.390 e. The van der Waals surface area contributed by atoms with Crippen molar-refractivity contribution in [2.75, 3.05) is 26.2 Å². The molecule has 1 unspecified atom stereocenters. The molecule has 1 saturated heterocycles. The van der Waals surface area contributed by atoms with Gasteiger partial charge < -0.3 is 9.84 Å². The van der Waals surface area contributed by atoms with E-state index in [1.54, 1.807) is 6.07 Å². The quantitative estimate of drug-likeness (QED) is 0.837. The monoisotopic (exact) mass is 237 g/mol. The zero-order chi connectivity index (χ0) is 12.3. The molecule has 2 rings (SSSR count). The highest BCUT2D eigenvalue weighted by Crippen LogP contribution is 2.19. The van der Waals surface area contributed by atoms with E-state index in [9.17, 15) is 0 Å². The number of hydrogen-bond acceptors (Lipinski definition) is 5. The van der Waals surface area contributed by atoms with Crippen molar-refractivity contribution in [1.29, 1.82) is 0 Å². The number of ether oxygens (including phenoxy) is 1. The van der Waals surface area contributed by atoms with Gasteiger partial charge in [-0.3, -0.25) is 4.90 Å². The topological polar surface area (TPSA) is 58.5 Å². The van der Waals surface area contributed by atoms with Gasteiger partial charge in [-0.15, -0.1) is 0 Å². The molecule has 5 nitrogen and oxygen atoms in total. The minimum atomic E-state index is -0.0751. The fourth-order valence-corrected chi connectivity index (χ4v) is 2.03. The molecule has 0 saturated carbocycles. The smallest absolute Gasteiger partial charge is 0.159 e. The summed E-state index contributed by atoms with van der Waals surface area (Å²) in [4.78, 5) is 11.0. The van der Waals surface area contributed by atoms with Crippen molar-refractivity contribution in [3.8, 4) is 0 Å². The number of rotatable bonds is 3. The molecule has 1 aromatic rings. The predicted molar refractivity (Wildman–Crippen MR) is 63.5 cm³/mol. The van der Waals surface area contributed by atoms with Gasteiger partial charge in [-0.2, -0.15) is 0 Å². The predicted octanol–water partition coefficient (Wildman–Crippen LogP) is 0.671.